The standard InChI is InChI=1S/C5H7N3O/c1-3-4(6)2-7-5(9)8-3/h2H,6H2,1H3,(H,7,8,9). The number of hydrogen-bond donors (Lipinski definition) is 2. The second kappa shape index (κ2) is 1.89. The van der Waals surface area contributed by atoms with Crippen LogP contribution in [0.1, 0.15) is 5.69 Å². The van der Waals surface area contributed by atoms with E-state index in [1.165, 1.54) is 6.20 Å². The molecule has 1 heterocycles. The summed E-state index contributed by atoms with van der Waals surface area (Å²) in [5, 5.41) is 0. The molecule has 0 spiro atoms. The number of aryl methyl sites for hydroxylation is 1. The molecule has 0 fully saturated rings. The minimum Gasteiger partial charge on any atom is -0.396 e. The summed E-state index contributed by atoms with van der Waals surface area (Å²) in [6, 6.07) is 0. The fourth-order valence-electron chi connectivity index (χ4n) is 0.490. The average Bonchev–Trinajstić information content (AvgIpc) is 1.80. The molecule has 0 saturated heterocycles. The number of nitrogens with two attached hydrogens (primary N) is 1. The third kappa shape index (κ3) is 1.07. The van der Waals surface area contributed by atoms with E-state index in [1.54, 1.807) is 6.92 Å². The maximum Gasteiger partial charge on any atom is 0.345 e. The zero-order valence-electron chi connectivity index (χ0n) is 5.01. The molecule has 1 rings (SSSR count). The van der Waals surface area contributed by atoms with Gasteiger partial charge in [0.2, 0.25) is 0 Å². The van der Waals surface area contributed by atoms with Gasteiger partial charge in [-0.05, 0) is 6.92 Å². The number of aromatic amines is 1. The van der Waals surface area contributed by atoms with Crippen molar-refractivity contribution in [1.82, 2.24) is 9.97 Å². The maximum atomic E-state index is 10.4. The highest BCUT2D eigenvalue weighted by atomic mass is 16.1. The Morgan fingerprint density at radius 1 is 1.78 bits per heavy atom. The Hall–Kier alpha value is -1.32. The van der Waals surface area contributed by atoms with Crippen molar-refractivity contribution in [3.63, 3.8) is 0 Å². The Labute approximate surface area is 51.7 Å². The highest BCUT2D eigenvalue weighted by Gasteiger charge is 1.90. The molecule has 9 heavy (non-hydrogen) atoms. The van der Waals surface area contributed by atoms with Gasteiger partial charge < -0.3 is 10.7 Å². The summed E-state index contributed by atoms with van der Waals surface area (Å²) < 4.78 is 0. The number of hydrogen-bond acceptors (Lipinski definition) is 3. The number of nitrogens with zero attached hydrogens (tertiary/aromatic N) is 1. The Kier molecular flexibility index (Phi) is 1.22. The minimum atomic E-state index is -0.360. The van der Waals surface area contributed by atoms with Gasteiger partial charge in [0, 0.05) is 5.69 Å². The van der Waals surface area contributed by atoms with E-state index in [4.69, 9.17) is 5.73 Å². The van der Waals surface area contributed by atoms with Crippen LogP contribution in [0.5, 0.6) is 0 Å². The molecular formula is C5H7N3O. The van der Waals surface area contributed by atoms with Gasteiger partial charge in [0.05, 0.1) is 11.9 Å². The van der Waals surface area contributed by atoms with Crippen molar-refractivity contribution >= 4 is 5.69 Å². The molecule has 0 unspecified atom stereocenters. The van der Waals surface area contributed by atoms with Gasteiger partial charge in [-0.25, -0.2) is 4.79 Å². The molecule has 0 aliphatic carbocycles. The van der Waals surface area contributed by atoms with Crippen LogP contribution in [0, 0.1) is 6.92 Å². The largest absolute Gasteiger partial charge is 0.396 e. The summed E-state index contributed by atoms with van der Waals surface area (Å²) in [6.07, 6.45) is 1.34. The molecule has 0 aromatic carbocycles. The fourth-order valence-corrected chi connectivity index (χ4v) is 0.490. The van der Waals surface area contributed by atoms with Crippen LogP contribution < -0.4 is 11.4 Å². The van der Waals surface area contributed by atoms with Gasteiger partial charge in [-0.1, -0.05) is 0 Å². The van der Waals surface area contributed by atoms with E-state index in [1.807, 2.05) is 0 Å². The topological polar surface area (TPSA) is 71.8 Å². The quantitative estimate of drug-likeness (QED) is 0.498. The number of H-pyrrole nitrogens is 1. The summed E-state index contributed by atoms with van der Waals surface area (Å²) in [5.74, 6) is 0. The molecule has 0 bridgehead atoms. The molecule has 0 amide bonds. The van der Waals surface area contributed by atoms with Crippen LogP contribution in [0.3, 0.4) is 0 Å². The third-order valence-corrected chi connectivity index (χ3v) is 1.05. The first kappa shape index (κ1) is 5.81. The van der Waals surface area contributed by atoms with E-state index in [9.17, 15) is 4.79 Å². The van der Waals surface area contributed by atoms with Crippen LogP contribution in [0.15, 0.2) is 11.0 Å². The smallest absolute Gasteiger partial charge is 0.345 e. The second-order valence-electron chi connectivity index (χ2n) is 1.77. The number of aromatic nitrogens is 2. The molecule has 4 heteroatoms. The first-order valence-corrected chi connectivity index (χ1v) is 2.51. The predicted octanol–water partition coefficient (Wildman–Crippen LogP) is -0.339. The lowest BCUT2D eigenvalue weighted by Gasteiger charge is -1.93. The monoisotopic (exact) mass is 125 g/mol. The van der Waals surface area contributed by atoms with Gasteiger partial charge in [0.15, 0.2) is 0 Å². The Morgan fingerprint density at radius 3 is 2.89 bits per heavy atom. The lowest BCUT2D eigenvalue weighted by atomic mass is 10.4. The first-order chi connectivity index (χ1) is 4.20. The van der Waals surface area contributed by atoms with Gasteiger partial charge in [-0.2, -0.15) is 4.98 Å². The molecule has 1 aromatic heterocycles. The van der Waals surface area contributed by atoms with Crippen molar-refractivity contribution in [3.05, 3.63) is 22.4 Å². The van der Waals surface area contributed by atoms with Gasteiger partial charge in [0.25, 0.3) is 0 Å². The van der Waals surface area contributed by atoms with Crippen molar-refractivity contribution in [1.29, 1.82) is 0 Å². The van der Waals surface area contributed by atoms with Crippen LogP contribution in [0.4, 0.5) is 5.69 Å². The number of nitrogens with one attached hydrogen (secondary N) is 1. The van der Waals surface area contributed by atoms with Crippen molar-refractivity contribution in [2.45, 2.75) is 6.92 Å². The van der Waals surface area contributed by atoms with Crippen molar-refractivity contribution in [3.8, 4) is 0 Å². The Morgan fingerprint density at radius 2 is 2.44 bits per heavy atom. The van der Waals surface area contributed by atoms with Gasteiger partial charge in [0.1, 0.15) is 0 Å². The second-order valence-corrected chi connectivity index (χ2v) is 1.77. The van der Waals surface area contributed by atoms with Crippen LogP contribution in [-0.2, 0) is 0 Å². The number of nitrogen functional groups attached to an aromatic ring is 1. The molecule has 3 N–H and O–H groups in total. The fraction of sp³-hybridized carbons (Fsp3) is 0.200. The summed E-state index contributed by atoms with van der Waals surface area (Å²) in [7, 11) is 0. The van der Waals surface area contributed by atoms with Crippen LogP contribution in [0.25, 0.3) is 0 Å². The zero-order chi connectivity index (χ0) is 6.85. The van der Waals surface area contributed by atoms with E-state index >= 15 is 0 Å². The summed E-state index contributed by atoms with van der Waals surface area (Å²) in [5.41, 5.74) is 6.17. The summed E-state index contributed by atoms with van der Waals surface area (Å²) in [4.78, 5) is 16.3. The van der Waals surface area contributed by atoms with E-state index in [-0.39, 0.29) is 5.69 Å². The summed E-state index contributed by atoms with van der Waals surface area (Å²) in [6.45, 7) is 1.72. The van der Waals surface area contributed by atoms with Gasteiger partial charge in [-0.15, -0.1) is 0 Å². The molecule has 1 aromatic rings. The number of anilines is 1. The molecule has 0 aliphatic heterocycles. The van der Waals surface area contributed by atoms with Crippen LogP contribution in [0.2, 0.25) is 0 Å². The van der Waals surface area contributed by atoms with E-state index in [0.717, 1.165) is 0 Å². The Balaban J connectivity index is 3.34. The van der Waals surface area contributed by atoms with Crippen molar-refractivity contribution < 1.29 is 0 Å². The average molecular weight is 125 g/mol. The van der Waals surface area contributed by atoms with E-state index < -0.39 is 0 Å². The first-order valence-electron chi connectivity index (χ1n) is 2.51. The van der Waals surface area contributed by atoms with Crippen molar-refractivity contribution in [2.75, 3.05) is 5.73 Å². The number of rotatable bonds is 0. The van der Waals surface area contributed by atoms with Crippen molar-refractivity contribution in [2.24, 2.45) is 0 Å². The third-order valence-electron chi connectivity index (χ3n) is 1.05. The molecule has 0 saturated carbocycles. The van der Waals surface area contributed by atoms with Gasteiger partial charge >= 0.3 is 5.69 Å². The molecule has 0 atom stereocenters. The van der Waals surface area contributed by atoms with Crippen LogP contribution in [-0.4, -0.2) is 9.97 Å². The summed E-state index contributed by atoms with van der Waals surface area (Å²) >= 11 is 0. The molecule has 48 valence electrons. The highest BCUT2D eigenvalue weighted by molar-refractivity contribution is 5.37. The van der Waals surface area contributed by atoms with Crippen LogP contribution >= 0.6 is 0 Å². The molecule has 4 nitrogen and oxygen atoms in total. The lowest BCUT2D eigenvalue weighted by molar-refractivity contribution is 1.03. The van der Waals surface area contributed by atoms with Gasteiger partial charge in [-0.3, -0.25) is 0 Å². The highest BCUT2D eigenvalue weighted by Crippen LogP contribution is 1.98. The predicted molar refractivity (Wildman–Crippen MR) is 34.0 cm³/mol. The molecule has 0 aliphatic rings. The zero-order valence-corrected chi connectivity index (χ0v) is 5.01. The Bertz CT molecular complexity index is 265. The normalized spacial score (nSPS) is 9.44. The maximum absolute atomic E-state index is 10.4. The lowest BCUT2D eigenvalue weighted by Crippen LogP contribution is -2.11. The van der Waals surface area contributed by atoms with E-state index in [0.29, 0.717) is 11.4 Å². The SMILES string of the molecule is Cc1[nH]c(=O)ncc1N. The molecular weight excluding hydrogens is 118 g/mol. The molecule has 0 radical (unpaired) electrons. The van der Waals surface area contributed by atoms with E-state index in [2.05, 4.69) is 9.97 Å². The minimum absolute atomic E-state index is 0.360.